The third-order valence-electron chi connectivity index (χ3n) is 6.55. The molecule has 1 fully saturated rings. The average molecular weight is 566 g/mol. The molecule has 0 unspecified atom stereocenters. The summed E-state index contributed by atoms with van der Waals surface area (Å²) in [5, 5.41) is 4.64. The first-order chi connectivity index (χ1) is 16.0. The molecule has 8 nitrogen and oxygen atoms in total. The summed E-state index contributed by atoms with van der Waals surface area (Å²) in [6.45, 7) is 3.75. The number of carbonyl (C=O) groups is 1. The number of ether oxygens (including phenoxy) is 1. The molecule has 0 spiro atoms. The number of rotatable bonds is 4. The van der Waals surface area contributed by atoms with Crippen molar-refractivity contribution in [3.8, 4) is 0 Å². The minimum atomic E-state index is -3.38. The second-order valence-corrected chi connectivity index (χ2v) is 14.2. The molecule has 4 aromatic rings. The van der Waals surface area contributed by atoms with Crippen LogP contribution < -0.4 is 3.58 Å². The number of aromatic nitrogens is 4. The van der Waals surface area contributed by atoms with Gasteiger partial charge in [0.05, 0.1) is 0 Å². The van der Waals surface area contributed by atoms with Gasteiger partial charge in [0.1, 0.15) is 0 Å². The number of hydrogen-bond acceptors (Lipinski definition) is 7. The summed E-state index contributed by atoms with van der Waals surface area (Å²) in [5.74, 6) is 0.0480. The van der Waals surface area contributed by atoms with Crippen LogP contribution in [0.4, 0.5) is 0 Å². The molecule has 1 atom stereocenters. The van der Waals surface area contributed by atoms with Crippen LogP contribution in [-0.4, -0.2) is 62.0 Å². The number of aryl methyl sites for hydroxylation is 1. The molecule has 1 amide bonds. The summed E-state index contributed by atoms with van der Waals surface area (Å²) in [6, 6.07) is 9.71. The number of fused-ring (bicyclic) bond motifs is 2. The van der Waals surface area contributed by atoms with Crippen LogP contribution in [0.5, 0.6) is 0 Å². The Morgan fingerprint density at radius 2 is 2.12 bits per heavy atom. The van der Waals surface area contributed by atoms with E-state index in [1.54, 1.807) is 25.9 Å². The number of hydrogen-bond donors (Lipinski definition) is 0. The Labute approximate surface area is 201 Å². The monoisotopic (exact) mass is 567 g/mol. The molecular weight excluding hydrogens is 545 g/mol. The quantitative estimate of drug-likeness (QED) is 0.352. The van der Waals surface area contributed by atoms with Gasteiger partial charge in [0.2, 0.25) is 0 Å². The van der Waals surface area contributed by atoms with Crippen molar-refractivity contribution in [2.45, 2.75) is 31.8 Å². The second kappa shape index (κ2) is 8.07. The third kappa shape index (κ3) is 3.53. The van der Waals surface area contributed by atoms with Crippen LogP contribution in [-0.2, 0) is 31.1 Å². The van der Waals surface area contributed by atoms with Crippen LogP contribution in [0.1, 0.15) is 28.9 Å². The zero-order valence-electron chi connectivity index (χ0n) is 18.0. The van der Waals surface area contributed by atoms with Gasteiger partial charge < -0.3 is 0 Å². The Hall–Kier alpha value is -2.50. The standard InChI is InChI=1S/C16H17N4O2.C7H4NS.O.Sn/c1-11-2-3-13(7-17-11)16(4-5-22-10-16)15(21)20-8-12-6-18-19-14(12)9-20;1-2-4-7-6(3-1)8-5-9-7;;/h2-3,6-7H,4-5,8-10H2,1H3;1,3-5H;;/q-1;;;+1/t16-;;;/m0.../s1. The molecule has 1 saturated heterocycles. The normalized spacial score (nSPS) is 19.8. The Morgan fingerprint density at radius 1 is 1.21 bits per heavy atom. The summed E-state index contributed by atoms with van der Waals surface area (Å²) in [4.78, 5) is 24.2. The molecule has 6 rings (SSSR count). The van der Waals surface area contributed by atoms with E-state index in [4.69, 9.17) is 4.74 Å². The number of thiazole rings is 1. The van der Waals surface area contributed by atoms with Crippen LogP contribution in [0.2, 0.25) is 0 Å². The van der Waals surface area contributed by atoms with E-state index in [2.05, 4.69) is 15.1 Å². The van der Waals surface area contributed by atoms with Crippen molar-refractivity contribution in [2.75, 3.05) is 13.2 Å². The fourth-order valence-corrected chi connectivity index (χ4v) is 9.22. The number of nitrogens with zero attached hydrogens (tertiary/aromatic N) is 5. The van der Waals surface area contributed by atoms with Gasteiger partial charge in [-0.2, -0.15) is 0 Å². The van der Waals surface area contributed by atoms with Crippen molar-refractivity contribution >= 4 is 51.1 Å². The number of carbonyl (C=O) groups excluding carboxylic acids is 1. The molecule has 3 aromatic heterocycles. The van der Waals surface area contributed by atoms with Crippen molar-refractivity contribution in [3.63, 3.8) is 0 Å². The van der Waals surface area contributed by atoms with Crippen LogP contribution >= 0.6 is 11.3 Å². The zero-order chi connectivity index (χ0) is 22.6. The Morgan fingerprint density at radius 3 is 2.88 bits per heavy atom. The van der Waals surface area contributed by atoms with E-state index in [1.165, 1.54) is 0 Å². The molecule has 33 heavy (non-hydrogen) atoms. The van der Waals surface area contributed by atoms with Gasteiger partial charge in [-0.05, 0) is 0 Å². The predicted octanol–water partition coefficient (Wildman–Crippen LogP) is 2.07. The first kappa shape index (κ1) is 21.1. The molecular formula is C23H21N5O3SSn. The summed E-state index contributed by atoms with van der Waals surface area (Å²) in [5.41, 5.74) is 5.63. The van der Waals surface area contributed by atoms with Gasteiger partial charge in [0.15, 0.2) is 0 Å². The zero-order valence-corrected chi connectivity index (χ0v) is 21.7. The molecule has 166 valence electrons. The van der Waals surface area contributed by atoms with Gasteiger partial charge in [-0.25, -0.2) is 0 Å². The second-order valence-electron chi connectivity index (χ2n) is 8.62. The number of amides is 1. The van der Waals surface area contributed by atoms with E-state index < -0.39 is 25.4 Å². The van der Waals surface area contributed by atoms with Crippen LogP contribution in [0.15, 0.2) is 48.2 Å². The number of benzene rings is 1. The average Bonchev–Trinajstić information content (AvgIpc) is 3.61. The van der Waals surface area contributed by atoms with Crippen molar-refractivity contribution in [3.05, 3.63) is 70.8 Å². The summed E-state index contributed by atoms with van der Waals surface area (Å²) >= 11 is -1.83. The molecule has 0 N–H and O–H groups in total. The van der Waals surface area contributed by atoms with Gasteiger partial charge in [-0.1, -0.05) is 0 Å². The van der Waals surface area contributed by atoms with Crippen LogP contribution in [0.3, 0.4) is 0 Å². The van der Waals surface area contributed by atoms with E-state index in [0.717, 1.165) is 36.3 Å². The van der Waals surface area contributed by atoms with Crippen molar-refractivity contribution in [2.24, 2.45) is 0 Å². The molecule has 0 radical (unpaired) electrons. The maximum absolute atomic E-state index is 13.7. The van der Waals surface area contributed by atoms with Gasteiger partial charge >= 0.3 is 202 Å². The van der Waals surface area contributed by atoms with Gasteiger partial charge in [-0.3, -0.25) is 0 Å². The van der Waals surface area contributed by atoms with Gasteiger partial charge in [-0.15, -0.1) is 0 Å². The van der Waals surface area contributed by atoms with E-state index in [0.29, 0.717) is 32.7 Å². The van der Waals surface area contributed by atoms with Gasteiger partial charge in [0, 0.05) is 0 Å². The molecule has 1 aromatic carbocycles. The van der Waals surface area contributed by atoms with Crippen LogP contribution in [0.25, 0.3) is 10.2 Å². The van der Waals surface area contributed by atoms with Gasteiger partial charge in [0.25, 0.3) is 0 Å². The topological polar surface area (TPSA) is 90.2 Å². The Bertz CT molecular complexity index is 1370. The fraction of sp³-hybridized carbons (Fsp3) is 0.304. The fourth-order valence-electron chi connectivity index (χ4n) is 4.66. The third-order valence-corrected chi connectivity index (χ3v) is 11.5. The van der Waals surface area contributed by atoms with E-state index >= 15 is 0 Å². The first-order valence-electron chi connectivity index (χ1n) is 10.8. The molecule has 10 heteroatoms. The Balaban J connectivity index is 1.23. The molecule has 0 saturated carbocycles. The summed E-state index contributed by atoms with van der Waals surface area (Å²) in [7, 11) is 0. The number of pyridine rings is 1. The van der Waals surface area contributed by atoms with Crippen molar-refractivity contribution in [1.29, 1.82) is 0 Å². The van der Waals surface area contributed by atoms with E-state index in [-0.39, 0.29) is 5.91 Å². The van der Waals surface area contributed by atoms with Crippen molar-refractivity contribution < 1.29 is 12.6 Å². The maximum atomic E-state index is 13.7. The molecule has 5 heterocycles. The minimum absolute atomic E-state index is 0.0480. The predicted molar refractivity (Wildman–Crippen MR) is 124 cm³/mol. The van der Waals surface area contributed by atoms with E-state index in [9.17, 15) is 7.87 Å². The van der Waals surface area contributed by atoms with E-state index in [1.807, 2.05) is 48.4 Å². The first-order valence-corrected chi connectivity index (χ1v) is 15.5. The van der Waals surface area contributed by atoms with Crippen molar-refractivity contribution in [1.82, 2.24) is 22.9 Å². The molecule has 2 aliphatic rings. The Kier molecular flexibility index (Phi) is 5.15. The molecule has 2 aliphatic heterocycles. The molecule has 0 bridgehead atoms. The molecule has 0 aliphatic carbocycles. The summed E-state index contributed by atoms with van der Waals surface area (Å²) in [6.07, 6.45) is 4.31. The van der Waals surface area contributed by atoms with Crippen LogP contribution in [0, 0.1) is 6.92 Å². The summed E-state index contributed by atoms with van der Waals surface area (Å²) < 4.78 is 22.5. The SMILES string of the molecule is Cc1ccc([C@]2(C(=O)N3Cc4c[n]([Sn](=[O])[c]5ccc6ncsc6c5)nc4C3)CCOC2)cn1.